The lowest BCUT2D eigenvalue weighted by Crippen LogP contribution is -2.14. The number of nitrogens with zero attached hydrogens (tertiary/aromatic N) is 3. The van der Waals surface area contributed by atoms with E-state index in [1.807, 2.05) is 18.2 Å². The van der Waals surface area contributed by atoms with Gasteiger partial charge in [-0.05, 0) is 59.1 Å². The van der Waals surface area contributed by atoms with Crippen LogP contribution in [0, 0.1) is 13.8 Å². The number of anilines is 3. The van der Waals surface area contributed by atoms with Crippen molar-refractivity contribution in [3.8, 4) is 0 Å². The first-order chi connectivity index (χ1) is 12.5. The molecular weight excluding hydrogens is 434 g/mol. The molecule has 0 spiro atoms. The van der Waals surface area contributed by atoms with Gasteiger partial charge >= 0.3 is 0 Å². The lowest BCUT2D eigenvalue weighted by atomic mass is 10.1. The lowest BCUT2D eigenvalue weighted by Gasteiger charge is -2.08. The summed E-state index contributed by atoms with van der Waals surface area (Å²) in [5.74, 6) is 0.632. The van der Waals surface area contributed by atoms with Gasteiger partial charge in [0.2, 0.25) is 11.0 Å². The minimum Gasteiger partial charge on any atom is -0.330 e. The van der Waals surface area contributed by atoms with Crippen LogP contribution >= 0.6 is 39.0 Å². The number of amides is 1. The zero-order chi connectivity index (χ0) is 18.5. The molecule has 0 aliphatic carbocycles. The molecule has 2 aromatic heterocycles. The molecule has 1 amide bonds. The Bertz CT molecular complexity index is 914. The van der Waals surface area contributed by atoms with E-state index < -0.39 is 0 Å². The SMILES string of the molecule is Cc1cccc(Nc2nnc(SCC(=O)Nc3ccc(Br)cn3)s2)c1C. The molecule has 134 valence electrons. The monoisotopic (exact) mass is 449 g/mol. The van der Waals surface area contributed by atoms with Crippen LogP contribution in [0.4, 0.5) is 16.6 Å². The van der Waals surface area contributed by atoms with Crippen molar-refractivity contribution >= 4 is 61.6 Å². The molecule has 0 bridgehead atoms. The molecule has 0 fully saturated rings. The smallest absolute Gasteiger partial charge is 0.235 e. The zero-order valence-electron chi connectivity index (χ0n) is 14.1. The molecular formula is C17H16BrN5OS2. The summed E-state index contributed by atoms with van der Waals surface area (Å²) in [6.07, 6.45) is 1.64. The Morgan fingerprint density at radius 1 is 1.23 bits per heavy atom. The van der Waals surface area contributed by atoms with Crippen molar-refractivity contribution in [2.45, 2.75) is 18.2 Å². The Hall–Kier alpha value is -1.97. The highest BCUT2D eigenvalue weighted by molar-refractivity contribution is 9.10. The number of hydrogen-bond acceptors (Lipinski definition) is 7. The third-order valence-corrected chi connectivity index (χ3v) is 6.02. The fourth-order valence-electron chi connectivity index (χ4n) is 2.08. The third kappa shape index (κ3) is 5.03. The molecule has 0 saturated heterocycles. The van der Waals surface area contributed by atoms with Gasteiger partial charge in [0.25, 0.3) is 0 Å². The average Bonchev–Trinajstić information content (AvgIpc) is 3.07. The van der Waals surface area contributed by atoms with Crippen LogP contribution in [0.5, 0.6) is 0 Å². The van der Waals surface area contributed by atoms with Crippen molar-refractivity contribution in [2.24, 2.45) is 0 Å². The Morgan fingerprint density at radius 2 is 2.08 bits per heavy atom. The Balaban J connectivity index is 1.54. The molecule has 0 radical (unpaired) electrons. The number of hydrogen-bond donors (Lipinski definition) is 2. The number of carbonyl (C=O) groups excluding carboxylic acids is 1. The number of nitrogens with one attached hydrogen (secondary N) is 2. The summed E-state index contributed by atoms with van der Waals surface area (Å²) in [6.45, 7) is 4.13. The number of carbonyl (C=O) groups is 1. The van der Waals surface area contributed by atoms with Gasteiger partial charge in [0.05, 0.1) is 5.75 Å². The van der Waals surface area contributed by atoms with Crippen LogP contribution < -0.4 is 10.6 Å². The van der Waals surface area contributed by atoms with Gasteiger partial charge in [-0.3, -0.25) is 4.79 Å². The molecule has 0 atom stereocenters. The van der Waals surface area contributed by atoms with E-state index in [1.165, 1.54) is 34.2 Å². The molecule has 26 heavy (non-hydrogen) atoms. The van der Waals surface area contributed by atoms with Crippen molar-refractivity contribution in [2.75, 3.05) is 16.4 Å². The number of benzene rings is 1. The first kappa shape index (κ1) is 18.8. The number of pyridine rings is 1. The molecule has 9 heteroatoms. The molecule has 0 unspecified atom stereocenters. The lowest BCUT2D eigenvalue weighted by molar-refractivity contribution is -0.113. The maximum atomic E-state index is 12.0. The molecule has 0 aliphatic rings. The molecule has 2 heterocycles. The van der Waals surface area contributed by atoms with E-state index >= 15 is 0 Å². The van der Waals surface area contributed by atoms with Crippen molar-refractivity contribution in [3.63, 3.8) is 0 Å². The van der Waals surface area contributed by atoms with Gasteiger partial charge in [0.1, 0.15) is 5.82 Å². The highest BCUT2D eigenvalue weighted by Crippen LogP contribution is 2.29. The summed E-state index contributed by atoms with van der Waals surface area (Å²) in [5.41, 5.74) is 3.40. The summed E-state index contributed by atoms with van der Waals surface area (Å²) < 4.78 is 1.60. The maximum Gasteiger partial charge on any atom is 0.235 e. The number of aromatic nitrogens is 3. The maximum absolute atomic E-state index is 12.0. The topological polar surface area (TPSA) is 79.8 Å². The summed E-state index contributed by atoms with van der Waals surface area (Å²) in [7, 11) is 0. The van der Waals surface area contributed by atoms with Gasteiger partial charge in [-0.25, -0.2) is 4.98 Å². The molecule has 0 saturated carbocycles. The average molecular weight is 450 g/mol. The van der Waals surface area contributed by atoms with Crippen molar-refractivity contribution in [3.05, 3.63) is 52.1 Å². The summed E-state index contributed by atoms with van der Waals surface area (Å²) >= 11 is 6.07. The van der Waals surface area contributed by atoms with Crippen LogP contribution in [-0.2, 0) is 4.79 Å². The Morgan fingerprint density at radius 3 is 2.85 bits per heavy atom. The normalized spacial score (nSPS) is 10.6. The van der Waals surface area contributed by atoms with Gasteiger partial charge in [-0.2, -0.15) is 0 Å². The van der Waals surface area contributed by atoms with Gasteiger partial charge < -0.3 is 10.6 Å². The summed E-state index contributed by atoms with van der Waals surface area (Å²) in [4.78, 5) is 16.1. The van der Waals surface area contributed by atoms with Crippen LogP contribution in [0.3, 0.4) is 0 Å². The van der Waals surface area contributed by atoms with Crippen LogP contribution in [0.1, 0.15) is 11.1 Å². The van der Waals surface area contributed by atoms with Gasteiger partial charge in [0.15, 0.2) is 4.34 Å². The first-order valence-electron chi connectivity index (χ1n) is 7.72. The van der Waals surface area contributed by atoms with E-state index in [-0.39, 0.29) is 11.7 Å². The van der Waals surface area contributed by atoms with Crippen molar-refractivity contribution in [1.82, 2.24) is 15.2 Å². The summed E-state index contributed by atoms with van der Waals surface area (Å²) in [5, 5.41) is 15.0. The number of aryl methyl sites for hydroxylation is 1. The molecule has 6 nitrogen and oxygen atoms in total. The second-order valence-electron chi connectivity index (χ2n) is 5.44. The van der Waals surface area contributed by atoms with E-state index in [1.54, 1.807) is 12.3 Å². The quantitative estimate of drug-likeness (QED) is 0.526. The standard InChI is InChI=1S/C17H16BrN5OS2/c1-10-4-3-5-13(11(10)2)20-16-22-23-17(26-16)25-9-15(24)21-14-7-6-12(18)8-19-14/h3-8H,9H2,1-2H3,(H,20,22)(H,19,21,24). The van der Waals surface area contributed by atoms with Gasteiger partial charge in [0, 0.05) is 16.4 Å². The fraction of sp³-hybridized carbons (Fsp3) is 0.176. The minimum absolute atomic E-state index is 0.135. The Labute approximate surface area is 168 Å². The van der Waals surface area contributed by atoms with E-state index in [2.05, 4.69) is 61.7 Å². The van der Waals surface area contributed by atoms with E-state index in [4.69, 9.17) is 0 Å². The third-order valence-electron chi connectivity index (χ3n) is 3.57. The van der Waals surface area contributed by atoms with Crippen molar-refractivity contribution in [1.29, 1.82) is 0 Å². The molecule has 3 aromatic rings. The number of rotatable bonds is 6. The van der Waals surface area contributed by atoms with Crippen LogP contribution in [-0.4, -0.2) is 26.8 Å². The molecule has 2 N–H and O–H groups in total. The first-order valence-corrected chi connectivity index (χ1v) is 10.3. The van der Waals surface area contributed by atoms with E-state index in [9.17, 15) is 4.79 Å². The van der Waals surface area contributed by atoms with Gasteiger partial charge in [-0.15, -0.1) is 10.2 Å². The van der Waals surface area contributed by atoms with Crippen molar-refractivity contribution < 1.29 is 4.79 Å². The predicted molar refractivity (Wildman–Crippen MR) is 110 cm³/mol. The highest BCUT2D eigenvalue weighted by atomic mass is 79.9. The van der Waals surface area contributed by atoms with Gasteiger partial charge in [-0.1, -0.05) is 35.2 Å². The molecule has 1 aromatic carbocycles. The van der Waals surface area contributed by atoms with E-state index in [0.29, 0.717) is 10.9 Å². The van der Waals surface area contributed by atoms with E-state index in [0.717, 1.165) is 14.5 Å². The fourth-order valence-corrected chi connectivity index (χ4v) is 3.88. The van der Waals surface area contributed by atoms with Crippen LogP contribution in [0.2, 0.25) is 0 Å². The number of halogens is 1. The predicted octanol–water partition coefficient (Wildman–Crippen LogP) is 4.79. The van der Waals surface area contributed by atoms with Crippen LogP contribution in [0.25, 0.3) is 0 Å². The largest absolute Gasteiger partial charge is 0.330 e. The second-order valence-corrected chi connectivity index (χ2v) is 8.56. The summed E-state index contributed by atoms with van der Waals surface area (Å²) in [6, 6.07) is 9.65. The molecule has 3 rings (SSSR count). The highest BCUT2D eigenvalue weighted by Gasteiger charge is 2.10. The Kier molecular flexibility index (Phi) is 6.23. The minimum atomic E-state index is -0.135. The number of thioether (sulfide) groups is 1. The molecule has 0 aliphatic heterocycles. The zero-order valence-corrected chi connectivity index (χ0v) is 17.3. The van der Waals surface area contributed by atoms with Crippen LogP contribution in [0.15, 0.2) is 45.3 Å². The second kappa shape index (κ2) is 8.61.